The SMILES string of the molecule is CCCNCc1cc(-c2ccc(C(C)C)cc2)nn(C)c1=O. The summed E-state index contributed by atoms with van der Waals surface area (Å²) in [5.74, 6) is 0.510. The van der Waals surface area contributed by atoms with Crippen LogP contribution in [0.3, 0.4) is 0 Å². The molecule has 4 heteroatoms. The number of hydrogen-bond donors (Lipinski definition) is 1. The predicted octanol–water partition coefficient (Wildman–Crippen LogP) is 3.07. The summed E-state index contributed by atoms with van der Waals surface area (Å²) >= 11 is 0. The maximum Gasteiger partial charge on any atom is 0.271 e. The van der Waals surface area contributed by atoms with E-state index in [2.05, 4.69) is 55.5 Å². The van der Waals surface area contributed by atoms with Crippen molar-refractivity contribution in [2.24, 2.45) is 7.05 Å². The molecular weight excluding hydrogens is 274 g/mol. The van der Waals surface area contributed by atoms with Crippen molar-refractivity contribution in [1.82, 2.24) is 15.1 Å². The Morgan fingerprint density at radius 1 is 1.23 bits per heavy atom. The molecule has 0 radical (unpaired) electrons. The Hall–Kier alpha value is -1.94. The molecular formula is C18H25N3O. The molecule has 4 nitrogen and oxygen atoms in total. The van der Waals surface area contributed by atoms with E-state index in [1.807, 2.05) is 6.07 Å². The minimum atomic E-state index is -0.0360. The average molecular weight is 299 g/mol. The van der Waals surface area contributed by atoms with Crippen LogP contribution < -0.4 is 10.9 Å². The van der Waals surface area contributed by atoms with E-state index >= 15 is 0 Å². The van der Waals surface area contributed by atoms with E-state index in [1.54, 1.807) is 7.05 Å². The molecule has 118 valence electrons. The first kappa shape index (κ1) is 16.4. The van der Waals surface area contributed by atoms with Crippen LogP contribution in [0.5, 0.6) is 0 Å². The van der Waals surface area contributed by atoms with Gasteiger partial charge in [0, 0.05) is 24.7 Å². The number of nitrogens with zero attached hydrogens (tertiary/aromatic N) is 2. The van der Waals surface area contributed by atoms with Gasteiger partial charge in [0.25, 0.3) is 5.56 Å². The van der Waals surface area contributed by atoms with E-state index in [4.69, 9.17) is 0 Å². The Bertz CT molecular complexity index is 672. The van der Waals surface area contributed by atoms with Crippen LogP contribution in [0, 0.1) is 0 Å². The van der Waals surface area contributed by atoms with Crippen molar-refractivity contribution < 1.29 is 0 Å². The highest BCUT2D eigenvalue weighted by molar-refractivity contribution is 5.59. The van der Waals surface area contributed by atoms with Crippen LogP contribution in [0.15, 0.2) is 35.1 Å². The molecule has 0 aliphatic heterocycles. The summed E-state index contributed by atoms with van der Waals surface area (Å²) in [5, 5.41) is 7.66. The van der Waals surface area contributed by atoms with Crippen molar-refractivity contribution in [2.45, 2.75) is 39.7 Å². The molecule has 0 aliphatic rings. The van der Waals surface area contributed by atoms with E-state index < -0.39 is 0 Å². The second-order valence-corrected chi connectivity index (χ2v) is 5.94. The van der Waals surface area contributed by atoms with Gasteiger partial charge >= 0.3 is 0 Å². The summed E-state index contributed by atoms with van der Waals surface area (Å²) in [4.78, 5) is 12.2. The molecule has 0 saturated carbocycles. The van der Waals surface area contributed by atoms with Gasteiger partial charge in [-0.25, -0.2) is 4.68 Å². The number of nitrogens with one attached hydrogen (secondary N) is 1. The number of aryl methyl sites for hydroxylation is 1. The fourth-order valence-corrected chi connectivity index (χ4v) is 2.38. The van der Waals surface area contributed by atoms with Crippen molar-refractivity contribution in [1.29, 1.82) is 0 Å². The number of rotatable bonds is 6. The fourth-order valence-electron chi connectivity index (χ4n) is 2.38. The molecule has 2 rings (SSSR count). The molecule has 2 aromatic rings. The first-order chi connectivity index (χ1) is 10.5. The smallest absolute Gasteiger partial charge is 0.271 e. The van der Waals surface area contributed by atoms with E-state index in [0.29, 0.717) is 12.5 Å². The molecule has 0 fully saturated rings. The lowest BCUT2D eigenvalue weighted by atomic mass is 10.0. The maximum absolute atomic E-state index is 12.2. The molecule has 0 atom stereocenters. The molecule has 1 heterocycles. The molecule has 0 amide bonds. The predicted molar refractivity (Wildman–Crippen MR) is 91.0 cm³/mol. The molecule has 1 aromatic carbocycles. The van der Waals surface area contributed by atoms with E-state index in [-0.39, 0.29) is 5.56 Å². The zero-order valence-corrected chi connectivity index (χ0v) is 13.9. The van der Waals surface area contributed by atoms with Crippen LogP contribution in [0.1, 0.15) is 44.2 Å². The van der Waals surface area contributed by atoms with Crippen LogP contribution in [0.2, 0.25) is 0 Å². The van der Waals surface area contributed by atoms with Crippen LogP contribution in [0.25, 0.3) is 11.3 Å². The highest BCUT2D eigenvalue weighted by Crippen LogP contribution is 2.21. The van der Waals surface area contributed by atoms with Gasteiger partial charge in [0.1, 0.15) is 0 Å². The molecule has 22 heavy (non-hydrogen) atoms. The van der Waals surface area contributed by atoms with Gasteiger partial charge in [0.15, 0.2) is 0 Å². The largest absolute Gasteiger partial charge is 0.312 e. The third kappa shape index (κ3) is 3.83. The normalized spacial score (nSPS) is 11.1. The van der Waals surface area contributed by atoms with Gasteiger partial charge in [0.05, 0.1) is 5.69 Å². The van der Waals surface area contributed by atoms with Gasteiger partial charge in [-0.3, -0.25) is 4.79 Å². The summed E-state index contributed by atoms with van der Waals surface area (Å²) < 4.78 is 1.43. The van der Waals surface area contributed by atoms with Crippen LogP contribution in [0.4, 0.5) is 0 Å². The van der Waals surface area contributed by atoms with Gasteiger partial charge in [0.2, 0.25) is 0 Å². The second-order valence-electron chi connectivity index (χ2n) is 5.94. The Morgan fingerprint density at radius 3 is 2.50 bits per heavy atom. The summed E-state index contributed by atoms with van der Waals surface area (Å²) in [6.45, 7) is 7.96. The standard InChI is InChI=1S/C18H25N3O/c1-5-10-19-12-16-11-17(20-21(4)18(16)22)15-8-6-14(7-9-15)13(2)3/h6-9,11,13,19H,5,10,12H2,1-4H3. The lowest BCUT2D eigenvalue weighted by Gasteiger charge is -2.10. The molecule has 0 spiro atoms. The van der Waals surface area contributed by atoms with Gasteiger partial charge < -0.3 is 5.32 Å². The van der Waals surface area contributed by atoms with Crippen molar-refractivity contribution >= 4 is 0 Å². The first-order valence-electron chi connectivity index (χ1n) is 7.91. The topological polar surface area (TPSA) is 46.9 Å². The quantitative estimate of drug-likeness (QED) is 0.834. The Balaban J connectivity index is 2.32. The van der Waals surface area contributed by atoms with Crippen molar-refractivity contribution in [3.8, 4) is 11.3 Å². The number of hydrogen-bond acceptors (Lipinski definition) is 3. The maximum atomic E-state index is 12.2. The molecule has 0 saturated heterocycles. The second kappa shape index (κ2) is 7.36. The van der Waals surface area contributed by atoms with Crippen LogP contribution in [-0.2, 0) is 13.6 Å². The minimum absolute atomic E-state index is 0.0360. The van der Waals surface area contributed by atoms with Crippen LogP contribution >= 0.6 is 0 Å². The molecule has 0 aliphatic carbocycles. The summed E-state index contributed by atoms with van der Waals surface area (Å²) in [7, 11) is 1.71. The number of aromatic nitrogens is 2. The summed E-state index contributed by atoms with van der Waals surface area (Å²) in [6.07, 6.45) is 1.05. The van der Waals surface area contributed by atoms with Gasteiger partial charge in [-0.2, -0.15) is 5.10 Å². The van der Waals surface area contributed by atoms with E-state index in [9.17, 15) is 4.79 Å². The number of benzene rings is 1. The van der Waals surface area contributed by atoms with E-state index in [1.165, 1.54) is 10.2 Å². The zero-order chi connectivity index (χ0) is 16.1. The Labute approximate surface area is 132 Å². The average Bonchev–Trinajstić information content (AvgIpc) is 2.51. The molecule has 0 unspecified atom stereocenters. The van der Waals surface area contributed by atoms with Gasteiger partial charge in [-0.05, 0) is 30.5 Å². The van der Waals surface area contributed by atoms with Crippen molar-refractivity contribution in [2.75, 3.05) is 6.54 Å². The Kier molecular flexibility index (Phi) is 5.50. The molecule has 0 bridgehead atoms. The van der Waals surface area contributed by atoms with Crippen LogP contribution in [-0.4, -0.2) is 16.3 Å². The third-order valence-corrected chi connectivity index (χ3v) is 3.75. The lowest BCUT2D eigenvalue weighted by molar-refractivity contribution is 0.643. The van der Waals surface area contributed by atoms with Gasteiger partial charge in [-0.15, -0.1) is 0 Å². The summed E-state index contributed by atoms with van der Waals surface area (Å²) in [5.41, 5.74) is 3.90. The first-order valence-corrected chi connectivity index (χ1v) is 7.91. The minimum Gasteiger partial charge on any atom is -0.312 e. The highest BCUT2D eigenvalue weighted by Gasteiger charge is 2.08. The Morgan fingerprint density at radius 2 is 1.91 bits per heavy atom. The molecule has 1 aromatic heterocycles. The molecule has 1 N–H and O–H groups in total. The lowest BCUT2D eigenvalue weighted by Crippen LogP contribution is -2.27. The van der Waals surface area contributed by atoms with Crippen molar-refractivity contribution in [3.63, 3.8) is 0 Å². The monoisotopic (exact) mass is 299 g/mol. The zero-order valence-electron chi connectivity index (χ0n) is 13.9. The third-order valence-electron chi connectivity index (χ3n) is 3.75. The highest BCUT2D eigenvalue weighted by atomic mass is 16.1. The summed E-state index contributed by atoms with van der Waals surface area (Å²) in [6, 6.07) is 10.3. The fraction of sp³-hybridized carbons (Fsp3) is 0.444. The van der Waals surface area contributed by atoms with Crippen molar-refractivity contribution in [3.05, 3.63) is 51.8 Å². The van der Waals surface area contributed by atoms with E-state index in [0.717, 1.165) is 29.8 Å². The van der Waals surface area contributed by atoms with Gasteiger partial charge in [-0.1, -0.05) is 45.0 Å².